The van der Waals surface area contributed by atoms with Crippen molar-refractivity contribution in [2.24, 2.45) is 0 Å². The number of nitrogens with one attached hydrogen (secondary N) is 1. The van der Waals surface area contributed by atoms with Crippen LogP contribution in [0.2, 0.25) is 0 Å². The summed E-state index contributed by atoms with van der Waals surface area (Å²) >= 11 is 0. The van der Waals surface area contributed by atoms with Crippen LogP contribution in [0.5, 0.6) is 11.5 Å². The lowest BCUT2D eigenvalue weighted by Gasteiger charge is -2.14. The lowest BCUT2D eigenvalue weighted by atomic mass is 10.1. The molecule has 116 valence electrons. The molecule has 5 heteroatoms. The molecule has 0 atom stereocenters. The lowest BCUT2D eigenvalue weighted by Crippen LogP contribution is -2.24. The summed E-state index contributed by atoms with van der Waals surface area (Å²) < 4.78 is 24.2. The molecule has 4 nitrogen and oxygen atoms in total. The van der Waals surface area contributed by atoms with E-state index in [0.29, 0.717) is 11.5 Å². The standard InChI is InChI=1S/C17H18FNO3/c1-11-8-16(22-3)12(9-15(11)21-2)10-19-17(20)13-6-4-5-7-14(13)18/h4-9H,10H2,1-3H3,(H,19,20). The predicted octanol–water partition coefficient (Wildman–Crippen LogP) is 3.08. The Labute approximate surface area is 128 Å². The maximum atomic E-state index is 13.6. The van der Waals surface area contributed by atoms with Crippen molar-refractivity contribution in [3.63, 3.8) is 0 Å². The number of amides is 1. The van der Waals surface area contributed by atoms with Crippen molar-refractivity contribution >= 4 is 5.91 Å². The molecule has 0 aliphatic carbocycles. The van der Waals surface area contributed by atoms with E-state index in [1.807, 2.05) is 13.0 Å². The molecule has 0 radical (unpaired) electrons. The van der Waals surface area contributed by atoms with Crippen LogP contribution in [0.25, 0.3) is 0 Å². The second-order valence-corrected chi connectivity index (χ2v) is 4.80. The van der Waals surface area contributed by atoms with Gasteiger partial charge >= 0.3 is 0 Å². The van der Waals surface area contributed by atoms with Crippen LogP contribution in [0.4, 0.5) is 4.39 Å². The summed E-state index contributed by atoms with van der Waals surface area (Å²) in [5.74, 6) is 0.330. The average molecular weight is 303 g/mol. The first-order chi connectivity index (χ1) is 10.6. The Kier molecular flexibility index (Phi) is 4.99. The Hall–Kier alpha value is -2.56. The van der Waals surface area contributed by atoms with E-state index in [4.69, 9.17) is 9.47 Å². The van der Waals surface area contributed by atoms with Gasteiger partial charge < -0.3 is 14.8 Å². The van der Waals surface area contributed by atoms with Gasteiger partial charge in [-0.25, -0.2) is 4.39 Å². The van der Waals surface area contributed by atoms with Gasteiger partial charge in [0.1, 0.15) is 17.3 Å². The van der Waals surface area contributed by atoms with Crippen LogP contribution in [-0.2, 0) is 6.54 Å². The van der Waals surface area contributed by atoms with Gasteiger partial charge in [0.25, 0.3) is 5.91 Å². The maximum Gasteiger partial charge on any atom is 0.254 e. The van der Waals surface area contributed by atoms with Crippen LogP contribution in [0.15, 0.2) is 36.4 Å². The zero-order valence-corrected chi connectivity index (χ0v) is 12.8. The van der Waals surface area contributed by atoms with Gasteiger partial charge in [0.2, 0.25) is 0 Å². The van der Waals surface area contributed by atoms with Gasteiger partial charge in [-0.2, -0.15) is 0 Å². The zero-order chi connectivity index (χ0) is 16.1. The Morgan fingerprint density at radius 2 is 1.82 bits per heavy atom. The fourth-order valence-electron chi connectivity index (χ4n) is 2.17. The molecular formula is C17H18FNO3. The van der Waals surface area contributed by atoms with E-state index in [1.165, 1.54) is 12.1 Å². The van der Waals surface area contributed by atoms with Crippen LogP contribution in [0.1, 0.15) is 21.5 Å². The number of carbonyl (C=O) groups is 1. The minimum Gasteiger partial charge on any atom is -0.496 e. The topological polar surface area (TPSA) is 47.6 Å². The van der Waals surface area contributed by atoms with Gasteiger partial charge in [-0.3, -0.25) is 4.79 Å². The first-order valence-electron chi connectivity index (χ1n) is 6.81. The Morgan fingerprint density at radius 1 is 1.14 bits per heavy atom. The van der Waals surface area contributed by atoms with Crippen molar-refractivity contribution in [3.8, 4) is 11.5 Å². The van der Waals surface area contributed by atoms with Crippen molar-refractivity contribution in [1.29, 1.82) is 0 Å². The second kappa shape index (κ2) is 6.93. The van der Waals surface area contributed by atoms with Gasteiger partial charge in [0, 0.05) is 12.1 Å². The highest BCUT2D eigenvalue weighted by Gasteiger charge is 2.13. The highest BCUT2D eigenvalue weighted by atomic mass is 19.1. The molecule has 2 rings (SSSR count). The van der Waals surface area contributed by atoms with E-state index in [0.717, 1.165) is 11.1 Å². The molecule has 0 heterocycles. The van der Waals surface area contributed by atoms with E-state index in [-0.39, 0.29) is 12.1 Å². The van der Waals surface area contributed by atoms with Gasteiger partial charge in [0.15, 0.2) is 0 Å². The predicted molar refractivity (Wildman–Crippen MR) is 81.9 cm³/mol. The fraction of sp³-hybridized carbons (Fsp3) is 0.235. The molecular weight excluding hydrogens is 285 g/mol. The van der Waals surface area contributed by atoms with E-state index < -0.39 is 11.7 Å². The van der Waals surface area contributed by atoms with E-state index in [9.17, 15) is 9.18 Å². The van der Waals surface area contributed by atoms with Crippen molar-refractivity contribution in [1.82, 2.24) is 5.32 Å². The molecule has 0 unspecified atom stereocenters. The quantitative estimate of drug-likeness (QED) is 0.923. The Morgan fingerprint density at radius 3 is 2.45 bits per heavy atom. The van der Waals surface area contributed by atoms with E-state index >= 15 is 0 Å². The molecule has 0 aromatic heterocycles. The van der Waals surface area contributed by atoms with Crippen LogP contribution >= 0.6 is 0 Å². The number of benzene rings is 2. The zero-order valence-electron chi connectivity index (χ0n) is 12.8. The van der Waals surface area contributed by atoms with Crippen molar-refractivity contribution in [2.45, 2.75) is 13.5 Å². The summed E-state index contributed by atoms with van der Waals surface area (Å²) in [6.45, 7) is 2.12. The average Bonchev–Trinajstić information content (AvgIpc) is 2.53. The van der Waals surface area contributed by atoms with Gasteiger partial charge in [-0.15, -0.1) is 0 Å². The second-order valence-electron chi connectivity index (χ2n) is 4.80. The highest BCUT2D eigenvalue weighted by Crippen LogP contribution is 2.28. The van der Waals surface area contributed by atoms with Crippen molar-refractivity contribution < 1.29 is 18.7 Å². The molecule has 0 saturated carbocycles. The van der Waals surface area contributed by atoms with Crippen molar-refractivity contribution in [2.75, 3.05) is 14.2 Å². The van der Waals surface area contributed by atoms with Crippen LogP contribution in [0.3, 0.4) is 0 Å². The molecule has 0 aliphatic heterocycles. The van der Waals surface area contributed by atoms with Crippen molar-refractivity contribution in [3.05, 3.63) is 58.9 Å². The van der Waals surface area contributed by atoms with Crippen LogP contribution in [-0.4, -0.2) is 20.1 Å². The number of carbonyl (C=O) groups excluding carboxylic acids is 1. The normalized spacial score (nSPS) is 10.2. The first-order valence-corrected chi connectivity index (χ1v) is 6.81. The molecule has 1 N–H and O–H groups in total. The number of halogens is 1. The summed E-state index contributed by atoms with van der Waals surface area (Å²) in [5.41, 5.74) is 1.71. The van der Waals surface area contributed by atoms with Crippen LogP contribution in [0, 0.1) is 12.7 Å². The van der Waals surface area contributed by atoms with Gasteiger partial charge in [0.05, 0.1) is 19.8 Å². The number of hydrogen-bond acceptors (Lipinski definition) is 3. The summed E-state index contributed by atoms with van der Waals surface area (Å²) in [6, 6.07) is 9.49. The van der Waals surface area contributed by atoms with Crippen LogP contribution < -0.4 is 14.8 Å². The van der Waals surface area contributed by atoms with E-state index in [1.54, 1.807) is 32.4 Å². The molecule has 0 fully saturated rings. The number of ether oxygens (including phenoxy) is 2. The molecule has 0 aliphatic rings. The molecule has 2 aromatic rings. The SMILES string of the molecule is COc1cc(CNC(=O)c2ccccc2F)c(OC)cc1C. The number of methoxy groups -OCH3 is 2. The third-order valence-corrected chi connectivity index (χ3v) is 3.36. The number of rotatable bonds is 5. The first kappa shape index (κ1) is 15.8. The Balaban J connectivity index is 2.17. The molecule has 0 spiro atoms. The monoisotopic (exact) mass is 303 g/mol. The summed E-state index contributed by atoms with van der Waals surface area (Å²) in [7, 11) is 3.14. The maximum absolute atomic E-state index is 13.6. The smallest absolute Gasteiger partial charge is 0.254 e. The molecule has 22 heavy (non-hydrogen) atoms. The summed E-state index contributed by atoms with van der Waals surface area (Å²) in [5, 5.41) is 2.69. The largest absolute Gasteiger partial charge is 0.496 e. The number of hydrogen-bond donors (Lipinski definition) is 1. The molecule has 2 aromatic carbocycles. The summed E-state index contributed by atoms with van der Waals surface area (Å²) in [6.07, 6.45) is 0. The molecule has 0 bridgehead atoms. The number of aryl methyl sites for hydroxylation is 1. The third-order valence-electron chi connectivity index (χ3n) is 3.36. The lowest BCUT2D eigenvalue weighted by molar-refractivity contribution is 0.0946. The minimum absolute atomic E-state index is 0.0144. The molecule has 1 amide bonds. The highest BCUT2D eigenvalue weighted by molar-refractivity contribution is 5.94. The third kappa shape index (κ3) is 3.36. The van der Waals surface area contributed by atoms with E-state index in [2.05, 4.69) is 5.32 Å². The van der Waals surface area contributed by atoms with Gasteiger partial charge in [-0.1, -0.05) is 12.1 Å². The fourth-order valence-corrected chi connectivity index (χ4v) is 2.17. The summed E-state index contributed by atoms with van der Waals surface area (Å²) in [4.78, 5) is 12.0. The minimum atomic E-state index is -0.548. The Bertz CT molecular complexity index is 686. The molecule has 0 saturated heterocycles. The van der Waals surface area contributed by atoms with Gasteiger partial charge in [-0.05, 0) is 36.8 Å².